The molecule has 0 aliphatic rings. The number of hydrogen-bond acceptors (Lipinski definition) is 3. The summed E-state index contributed by atoms with van der Waals surface area (Å²) < 4.78 is 14.4. The summed E-state index contributed by atoms with van der Waals surface area (Å²) in [5.41, 5.74) is 0.578. The van der Waals surface area contributed by atoms with Crippen LogP contribution in [0, 0.1) is 0 Å². The van der Waals surface area contributed by atoms with Gasteiger partial charge in [0.15, 0.2) is 23.4 Å². The molecule has 0 aliphatic carbocycles. The van der Waals surface area contributed by atoms with Crippen molar-refractivity contribution in [3.63, 3.8) is 0 Å². The van der Waals surface area contributed by atoms with Crippen molar-refractivity contribution in [2.75, 3.05) is 0 Å². The monoisotopic (exact) mass is 280 g/mol. The molecule has 1 aromatic carbocycles. The highest BCUT2D eigenvalue weighted by Gasteiger charge is 2.12. The van der Waals surface area contributed by atoms with Crippen LogP contribution in [0.4, 0.5) is 3.89 Å². The van der Waals surface area contributed by atoms with Gasteiger partial charge in [-0.2, -0.15) is 0 Å². The average Bonchev–Trinajstić information content (AvgIpc) is 2.40. The van der Waals surface area contributed by atoms with E-state index < -0.39 is 0 Å². The molecule has 0 N–H and O–H groups in total. The van der Waals surface area contributed by atoms with Gasteiger partial charge >= 0.3 is 0 Å². The van der Waals surface area contributed by atoms with Gasteiger partial charge in [-0.3, -0.25) is 4.79 Å². The van der Waals surface area contributed by atoms with Crippen LogP contribution in [-0.4, -0.2) is 8.96 Å². The molecule has 18 heavy (non-hydrogen) atoms. The van der Waals surface area contributed by atoms with Crippen LogP contribution >= 0.6 is 23.9 Å². The van der Waals surface area contributed by atoms with Crippen LogP contribution in [-0.2, 0) is 0 Å². The molecule has 0 unspecified atom stereocenters. The zero-order valence-corrected chi connectivity index (χ0v) is 10.5. The van der Waals surface area contributed by atoms with Gasteiger partial charge in [-0.05, 0) is 30.3 Å². The second-order valence-corrected chi connectivity index (χ2v) is 4.67. The van der Waals surface area contributed by atoms with E-state index in [4.69, 9.17) is 11.6 Å². The standard InChI is InChI=1S/C12H6ClFN2OS/c13-7-3-4-10-9(6-7)11(17)8-2-1-5-15-12(8)16(10)18-14/h1-6H. The zero-order valence-electron chi connectivity index (χ0n) is 8.93. The third kappa shape index (κ3) is 1.59. The van der Waals surface area contributed by atoms with Crippen molar-refractivity contribution in [3.8, 4) is 0 Å². The molecule has 0 radical (unpaired) electrons. The van der Waals surface area contributed by atoms with Gasteiger partial charge in [0.2, 0.25) is 0 Å². The second-order valence-electron chi connectivity index (χ2n) is 3.73. The molecule has 0 aliphatic heterocycles. The summed E-state index contributed by atoms with van der Waals surface area (Å²) in [4.78, 5) is 16.3. The summed E-state index contributed by atoms with van der Waals surface area (Å²) in [6, 6.07) is 8.04. The molecule has 3 aromatic rings. The van der Waals surface area contributed by atoms with Crippen LogP contribution < -0.4 is 5.43 Å². The molecular weight excluding hydrogens is 275 g/mol. The number of hydrogen-bond donors (Lipinski definition) is 0. The van der Waals surface area contributed by atoms with E-state index in [1.165, 1.54) is 10.2 Å². The Kier molecular flexibility index (Phi) is 2.72. The van der Waals surface area contributed by atoms with Gasteiger partial charge in [0.1, 0.15) is 0 Å². The molecule has 2 heterocycles. The summed E-state index contributed by atoms with van der Waals surface area (Å²) in [5.74, 6) is 0. The Morgan fingerprint density at radius 3 is 2.89 bits per heavy atom. The van der Waals surface area contributed by atoms with Crippen molar-refractivity contribution in [2.24, 2.45) is 0 Å². The first kappa shape index (κ1) is 11.5. The van der Waals surface area contributed by atoms with Crippen molar-refractivity contribution >= 4 is 45.9 Å². The van der Waals surface area contributed by atoms with Crippen LogP contribution in [0.15, 0.2) is 41.3 Å². The van der Waals surface area contributed by atoms with E-state index in [0.29, 0.717) is 27.0 Å². The van der Waals surface area contributed by atoms with E-state index in [2.05, 4.69) is 4.98 Å². The summed E-state index contributed by atoms with van der Waals surface area (Å²) in [7, 11) is 0. The third-order valence-electron chi connectivity index (χ3n) is 2.71. The Bertz CT molecular complexity index is 818. The highest BCUT2D eigenvalue weighted by atomic mass is 35.5. The molecule has 0 bridgehead atoms. The molecule has 3 rings (SSSR count). The number of halogens is 2. The van der Waals surface area contributed by atoms with Crippen LogP contribution in [0.5, 0.6) is 0 Å². The number of nitrogens with zero attached hydrogens (tertiary/aromatic N) is 2. The van der Waals surface area contributed by atoms with Crippen molar-refractivity contribution in [1.29, 1.82) is 0 Å². The average molecular weight is 281 g/mol. The summed E-state index contributed by atoms with van der Waals surface area (Å²) in [5, 5.41) is 1.20. The van der Waals surface area contributed by atoms with Crippen molar-refractivity contribution in [1.82, 2.24) is 8.96 Å². The predicted molar refractivity (Wildman–Crippen MR) is 72.6 cm³/mol. The van der Waals surface area contributed by atoms with E-state index in [0.717, 1.165) is 0 Å². The zero-order chi connectivity index (χ0) is 12.7. The molecule has 0 saturated heterocycles. The lowest BCUT2D eigenvalue weighted by Crippen LogP contribution is -2.08. The lowest BCUT2D eigenvalue weighted by atomic mass is 10.1. The molecule has 3 nitrogen and oxygen atoms in total. The highest BCUT2D eigenvalue weighted by molar-refractivity contribution is 7.93. The minimum absolute atomic E-state index is 0.0145. The Balaban J connectivity index is 2.66. The number of aromatic nitrogens is 2. The molecule has 0 saturated carbocycles. The molecule has 0 amide bonds. The Labute approximate surface area is 111 Å². The van der Waals surface area contributed by atoms with Gasteiger partial charge in [-0.15, -0.1) is 3.89 Å². The molecule has 6 heteroatoms. The minimum Gasteiger partial charge on any atom is -0.288 e. The number of fused-ring (bicyclic) bond motifs is 2. The van der Waals surface area contributed by atoms with Crippen LogP contribution in [0.1, 0.15) is 0 Å². The number of benzene rings is 1. The van der Waals surface area contributed by atoms with Crippen molar-refractivity contribution in [2.45, 2.75) is 0 Å². The lowest BCUT2D eigenvalue weighted by Gasteiger charge is -2.08. The maximum absolute atomic E-state index is 13.1. The van der Waals surface area contributed by atoms with Crippen molar-refractivity contribution in [3.05, 3.63) is 51.8 Å². The van der Waals surface area contributed by atoms with Crippen LogP contribution in [0.2, 0.25) is 5.02 Å². The quantitative estimate of drug-likeness (QED) is 0.639. The summed E-state index contributed by atoms with van der Waals surface area (Å²) >= 11 is 5.89. The largest absolute Gasteiger partial charge is 0.288 e. The SMILES string of the molecule is O=c1c2cc(Cl)ccc2n(SF)c2ncccc12. The highest BCUT2D eigenvalue weighted by Crippen LogP contribution is 2.25. The van der Waals surface area contributed by atoms with Crippen LogP contribution in [0.25, 0.3) is 21.9 Å². The molecule has 0 atom stereocenters. The number of rotatable bonds is 1. The third-order valence-corrected chi connectivity index (χ3v) is 3.46. The maximum Gasteiger partial charge on any atom is 0.198 e. The van der Waals surface area contributed by atoms with Crippen LogP contribution in [0.3, 0.4) is 0 Å². The lowest BCUT2D eigenvalue weighted by molar-refractivity contribution is 0.922. The van der Waals surface area contributed by atoms with Crippen molar-refractivity contribution < 1.29 is 3.89 Å². The smallest absolute Gasteiger partial charge is 0.198 e. The van der Waals surface area contributed by atoms with E-state index in [9.17, 15) is 8.68 Å². The topological polar surface area (TPSA) is 34.9 Å². The molecule has 0 spiro atoms. The van der Waals surface area contributed by atoms with E-state index in [1.807, 2.05) is 0 Å². The first-order valence-corrected chi connectivity index (χ1v) is 6.15. The Hall–Kier alpha value is -1.59. The van der Waals surface area contributed by atoms with Gasteiger partial charge in [0, 0.05) is 16.6 Å². The van der Waals surface area contributed by atoms with E-state index >= 15 is 0 Å². The summed E-state index contributed by atoms with van der Waals surface area (Å²) in [6.45, 7) is 0. The minimum atomic E-state index is -0.194. The predicted octanol–water partition coefficient (Wildman–Crippen LogP) is 3.58. The normalized spacial score (nSPS) is 11.2. The molecule has 90 valence electrons. The van der Waals surface area contributed by atoms with Gasteiger partial charge in [0.05, 0.1) is 10.9 Å². The van der Waals surface area contributed by atoms with E-state index in [-0.39, 0.29) is 17.8 Å². The molecule has 0 fully saturated rings. The maximum atomic E-state index is 13.1. The van der Waals surface area contributed by atoms with Gasteiger partial charge < -0.3 is 0 Å². The fourth-order valence-corrected chi connectivity index (χ4v) is 2.55. The van der Waals surface area contributed by atoms with E-state index in [1.54, 1.807) is 30.3 Å². The number of pyridine rings is 2. The van der Waals surface area contributed by atoms with Gasteiger partial charge in [0.25, 0.3) is 0 Å². The van der Waals surface area contributed by atoms with Gasteiger partial charge in [-0.1, -0.05) is 11.6 Å². The summed E-state index contributed by atoms with van der Waals surface area (Å²) in [6.07, 6.45) is 1.52. The fraction of sp³-hybridized carbons (Fsp3) is 0. The second kappa shape index (κ2) is 4.26. The Morgan fingerprint density at radius 2 is 2.11 bits per heavy atom. The van der Waals surface area contributed by atoms with Gasteiger partial charge in [-0.25, -0.2) is 8.96 Å². The fourth-order valence-electron chi connectivity index (χ4n) is 1.93. The first-order valence-electron chi connectivity index (χ1n) is 5.10. The Morgan fingerprint density at radius 1 is 1.28 bits per heavy atom. The first-order chi connectivity index (χ1) is 8.72. The molecule has 2 aromatic heterocycles. The molecular formula is C12H6ClFN2OS.